The number of benzene rings is 1. The summed E-state index contributed by atoms with van der Waals surface area (Å²) < 4.78 is 1.84. The number of hydrogen-bond donors (Lipinski definition) is 3. The van der Waals surface area contributed by atoms with Crippen LogP contribution in [0.25, 0.3) is 0 Å². The third-order valence-corrected chi connectivity index (χ3v) is 3.27. The first kappa shape index (κ1) is 14.9. The van der Waals surface area contributed by atoms with E-state index in [1.165, 1.54) is 0 Å². The lowest BCUT2D eigenvalue weighted by molar-refractivity contribution is 0.0956. The SMILES string of the molecule is CCNC(=O)c1ccc(N)c(NCCc2ccnn2C)c1. The molecule has 2 aromatic rings. The minimum atomic E-state index is -0.0906. The van der Waals surface area contributed by atoms with Crippen molar-refractivity contribution in [2.75, 3.05) is 24.1 Å². The zero-order valence-electron chi connectivity index (χ0n) is 12.4. The highest BCUT2D eigenvalue weighted by Gasteiger charge is 2.07. The standard InChI is InChI=1S/C15H21N5O/c1-3-17-15(21)11-4-5-13(16)14(10-11)18-8-6-12-7-9-19-20(12)2/h4-5,7,9-10,18H,3,6,8,16H2,1-2H3,(H,17,21). The zero-order valence-corrected chi connectivity index (χ0v) is 12.4. The van der Waals surface area contributed by atoms with E-state index in [1.54, 1.807) is 24.4 Å². The van der Waals surface area contributed by atoms with Gasteiger partial charge in [-0.25, -0.2) is 0 Å². The Bertz CT molecular complexity index is 620. The molecule has 0 aliphatic carbocycles. The first-order valence-electron chi connectivity index (χ1n) is 7.00. The summed E-state index contributed by atoms with van der Waals surface area (Å²) in [6.45, 7) is 3.22. The fourth-order valence-corrected chi connectivity index (χ4v) is 2.09. The van der Waals surface area contributed by atoms with E-state index in [-0.39, 0.29) is 5.91 Å². The summed E-state index contributed by atoms with van der Waals surface area (Å²) in [5, 5.41) is 10.2. The van der Waals surface area contributed by atoms with Crippen LogP contribution in [-0.2, 0) is 13.5 Å². The van der Waals surface area contributed by atoms with E-state index < -0.39 is 0 Å². The van der Waals surface area contributed by atoms with Crippen molar-refractivity contribution in [3.63, 3.8) is 0 Å². The number of aryl methyl sites for hydroxylation is 1. The molecule has 0 aliphatic heterocycles. The Labute approximate surface area is 124 Å². The van der Waals surface area contributed by atoms with Crippen LogP contribution in [0.3, 0.4) is 0 Å². The Balaban J connectivity index is 2.00. The summed E-state index contributed by atoms with van der Waals surface area (Å²) in [6, 6.07) is 7.24. The fraction of sp³-hybridized carbons (Fsp3) is 0.333. The summed E-state index contributed by atoms with van der Waals surface area (Å²) in [6.07, 6.45) is 2.61. The molecule has 0 atom stereocenters. The molecule has 1 heterocycles. The normalized spacial score (nSPS) is 10.4. The number of carbonyl (C=O) groups is 1. The van der Waals surface area contributed by atoms with Crippen LogP contribution >= 0.6 is 0 Å². The molecule has 21 heavy (non-hydrogen) atoms. The highest BCUT2D eigenvalue weighted by Crippen LogP contribution is 2.20. The van der Waals surface area contributed by atoms with Crippen molar-refractivity contribution in [2.24, 2.45) is 7.05 Å². The maximum absolute atomic E-state index is 11.8. The molecule has 1 amide bonds. The number of carbonyl (C=O) groups excluding carboxylic acids is 1. The second kappa shape index (κ2) is 6.78. The van der Waals surface area contributed by atoms with E-state index in [0.717, 1.165) is 24.3 Å². The van der Waals surface area contributed by atoms with Crippen LogP contribution in [0, 0.1) is 0 Å². The van der Waals surface area contributed by atoms with Gasteiger partial charge in [-0.2, -0.15) is 5.10 Å². The lowest BCUT2D eigenvalue weighted by Crippen LogP contribution is -2.22. The van der Waals surface area contributed by atoms with Crippen molar-refractivity contribution in [3.8, 4) is 0 Å². The molecule has 1 aromatic carbocycles. The van der Waals surface area contributed by atoms with Crippen molar-refractivity contribution in [1.29, 1.82) is 0 Å². The molecule has 0 saturated carbocycles. The molecule has 2 rings (SSSR count). The van der Waals surface area contributed by atoms with E-state index in [0.29, 0.717) is 17.8 Å². The van der Waals surface area contributed by atoms with Crippen LogP contribution in [-0.4, -0.2) is 28.8 Å². The lowest BCUT2D eigenvalue weighted by atomic mass is 10.1. The first-order valence-corrected chi connectivity index (χ1v) is 7.00. The summed E-state index contributed by atoms with van der Waals surface area (Å²) in [4.78, 5) is 11.8. The Hall–Kier alpha value is -2.50. The van der Waals surface area contributed by atoms with Crippen LogP contribution in [0.2, 0.25) is 0 Å². The molecule has 0 radical (unpaired) electrons. The minimum Gasteiger partial charge on any atom is -0.397 e. The van der Waals surface area contributed by atoms with Gasteiger partial charge in [0.2, 0.25) is 0 Å². The van der Waals surface area contributed by atoms with Gasteiger partial charge < -0.3 is 16.4 Å². The number of nitrogens with zero attached hydrogens (tertiary/aromatic N) is 2. The largest absolute Gasteiger partial charge is 0.397 e. The van der Waals surface area contributed by atoms with E-state index in [9.17, 15) is 4.79 Å². The number of nitrogens with one attached hydrogen (secondary N) is 2. The predicted octanol–water partition coefficient (Wildman–Crippen LogP) is 1.41. The average molecular weight is 287 g/mol. The third kappa shape index (κ3) is 3.75. The first-order chi connectivity index (χ1) is 10.1. The van der Waals surface area contributed by atoms with Gasteiger partial charge in [-0.3, -0.25) is 9.48 Å². The van der Waals surface area contributed by atoms with Crippen molar-refractivity contribution in [1.82, 2.24) is 15.1 Å². The molecular formula is C15H21N5O. The van der Waals surface area contributed by atoms with Gasteiger partial charge in [0, 0.05) is 44.0 Å². The average Bonchev–Trinajstić information content (AvgIpc) is 2.87. The molecule has 0 aliphatic rings. The van der Waals surface area contributed by atoms with Crippen LogP contribution in [0.5, 0.6) is 0 Å². The highest BCUT2D eigenvalue weighted by molar-refractivity contribution is 5.96. The summed E-state index contributed by atoms with van der Waals surface area (Å²) >= 11 is 0. The number of aromatic nitrogens is 2. The number of rotatable bonds is 6. The number of anilines is 2. The minimum absolute atomic E-state index is 0.0906. The van der Waals surface area contributed by atoms with Crippen molar-refractivity contribution in [3.05, 3.63) is 41.7 Å². The van der Waals surface area contributed by atoms with Crippen molar-refractivity contribution < 1.29 is 4.79 Å². The topological polar surface area (TPSA) is 85.0 Å². The van der Waals surface area contributed by atoms with E-state index in [4.69, 9.17) is 5.73 Å². The molecular weight excluding hydrogens is 266 g/mol. The Morgan fingerprint density at radius 3 is 2.86 bits per heavy atom. The van der Waals surface area contributed by atoms with Crippen LogP contribution < -0.4 is 16.4 Å². The number of amides is 1. The molecule has 6 heteroatoms. The molecule has 0 bridgehead atoms. The van der Waals surface area contributed by atoms with Gasteiger partial charge in [0.05, 0.1) is 11.4 Å². The Morgan fingerprint density at radius 1 is 1.38 bits per heavy atom. The third-order valence-electron chi connectivity index (χ3n) is 3.27. The smallest absolute Gasteiger partial charge is 0.251 e. The zero-order chi connectivity index (χ0) is 15.2. The van der Waals surface area contributed by atoms with E-state index in [2.05, 4.69) is 15.7 Å². The summed E-state index contributed by atoms with van der Waals surface area (Å²) in [5.74, 6) is -0.0906. The molecule has 4 N–H and O–H groups in total. The fourth-order valence-electron chi connectivity index (χ4n) is 2.09. The summed E-state index contributed by atoms with van der Waals surface area (Å²) in [5.41, 5.74) is 9.10. The second-order valence-electron chi connectivity index (χ2n) is 4.78. The monoisotopic (exact) mass is 287 g/mol. The summed E-state index contributed by atoms with van der Waals surface area (Å²) in [7, 11) is 1.92. The van der Waals surface area contributed by atoms with Gasteiger partial charge in [-0.15, -0.1) is 0 Å². The molecule has 6 nitrogen and oxygen atoms in total. The van der Waals surface area contributed by atoms with Crippen molar-refractivity contribution >= 4 is 17.3 Å². The van der Waals surface area contributed by atoms with Crippen molar-refractivity contribution in [2.45, 2.75) is 13.3 Å². The van der Waals surface area contributed by atoms with E-state index in [1.807, 2.05) is 24.7 Å². The van der Waals surface area contributed by atoms with Gasteiger partial charge in [0.15, 0.2) is 0 Å². The molecule has 0 saturated heterocycles. The molecule has 0 fully saturated rings. The van der Waals surface area contributed by atoms with Crippen LogP contribution in [0.4, 0.5) is 11.4 Å². The molecule has 1 aromatic heterocycles. The quantitative estimate of drug-likeness (QED) is 0.701. The second-order valence-corrected chi connectivity index (χ2v) is 4.78. The highest BCUT2D eigenvalue weighted by atomic mass is 16.1. The van der Waals surface area contributed by atoms with E-state index >= 15 is 0 Å². The Morgan fingerprint density at radius 2 is 2.19 bits per heavy atom. The number of nitrogens with two attached hydrogens (primary N) is 1. The lowest BCUT2D eigenvalue weighted by Gasteiger charge is -2.11. The Kier molecular flexibility index (Phi) is 4.81. The van der Waals surface area contributed by atoms with Crippen LogP contribution in [0.1, 0.15) is 23.0 Å². The van der Waals surface area contributed by atoms with Gasteiger partial charge in [0.1, 0.15) is 0 Å². The van der Waals surface area contributed by atoms with Gasteiger partial charge in [0.25, 0.3) is 5.91 Å². The van der Waals surface area contributed by atoms with Gasteiger partial charge >= 0.3 is 0 Å². The maximum Gasteiger partial charge on any atom is 0.251 e. The van der Waals surface area contributed by atoms with Crippen LogP contribution in [0.15, 0.2) is 30.5 Å². The van der Waals surface area contributed by atoms with Gasteiger partial charge in [-0.05, 0) is 31.2 Å². The molecule has 0 unspecified atom stereocenters. The number of hydrogen-bond acceptors (Lipinski definition) is 4. The number of nitrogen functional groups attached to an aromatic ring is 1. The van der Waals surface area contributed by atoms with Gasteiger partial charge in [-0.1, -0.05) is 0 Å². The molecule has 0 spiro atoms. The molecule has 112 valence electrons. The maximum atomic E-state index is 11.8. The predicted molar refractivity (Wildman–Crippen MR) is 84.3 cm³/mol.